The number of carbonyl (C=O) groups is 2. The summed E-state index contributed by atoms with van der Waals surface area (Å²) in [6, 6.07) is 17.7. The summed E-state index contributed by atoms with van der Waals surface area (Å²) in [6.45, 7) is 1.79. The van der Waals surface area contributed by atoms with Gasteiger partial charge < -0.3 is 15.4 Å². The summed E-state index contributed by atoms with van der Waals surface area (Å²) < 4.78 is 5.13. The molecule has 3 rings (SSSR count). The predicted octanol–water partition coefficient (Wildman–Crippen LogP) is 3.90. The van der Waals surface area contributed by atoms with Gasteiger partial charge in [0.2, 0.25) is 5.88 Å². The Hall–Kier alpha value is -3.67. The van der Waals surface area contributed by atoms with Crippen LogP contribution >= 0.6 is 0 Å². The molecule has 0 spiro atoms. The van der Waals surface area contributed by atoms with E-state index in [2.05, 4.69) is 15.6 Å². The maximum absolute atomic E-state index is 12.6. The fraction of sp³-hybridized carbons (Fsp3) is 0.0952. The van der Waals surface area contributed by atoms with E-state index in [9.17, 15) is 9.59 Å². The molecule has 1 aromatic heterocycles. The van der Waals surface area contributed by atoms with E-state index in [1.165, 1.54) is 7.11 Å². The Morgan fingerprint density at radius 2 is 1.56 bits per heavy atom. The third kappa shape index (κ3) is 4.12. The van der Waals surface area contributed by atoms with Crippen molar-refractivity contribution in [1.29, 1.82) is 0 Å². The van der Waals surface area contributed by atoms with Crippen LogP contribution in [0.25, 0.3) is 0 Å². The Morgan fingerprint density at radius 3 is 2.30 bits per heavy atom. The number of methoxy groups -OCH3 is 1. The lowest BCUT2D eigenvalue weighted by Gasteiger charge is -2.13. The minimum absolute atomic E-state index is 0.241. The monoisotopic (exact) mass is 361 g/mol. The zero-order chi connectivity index (χ0) is 19.2. The van der Waals surface area contributed by atoms with Crippen LogP contribution in [0.3, 0.4) is 0 Å². The van der Waals surface area contributed by atoms with Crippen LogP contribution in [0.2, 0.25) is 0 Å². The molecule has 0 aliphatic heterocycles. The number of ether oxygens (including phenoxy) is 1. The van der Waals surface area contributed by atoms with E-state index < -0.39 is 0 Å². The van der Waals surface area contributed by atoms with Gasteiger partial charge in [0.05, 0.1) is 7.11 Å². The molecule has 0 aliphatic carbocycles. The zero-order valence-corrected chi connectivity index (χ0v) is 15.0. The summed E-state index contributed by atoms with van der Waals surface area (Å²) in [5, 5.41) is 5.67. The van der Waals surface area contributed by atoms with E-state index in [0.717, 1.165) is 0 Å². The summed E-state index contributed by atoms with van der Waals surface area (Å²) in [4.78, 5) is 29.2. The molecule has 0 saturated carbocycles. The fourth-order valence-corrected chi connectivity index (χ4v) is 2.65. The Labute approximate surface area is 157 Å². The van der Waals surface area contributed by atoms with Crippen molar-refractivity contribution in [1.82, 2.24) is 4.98 Å². The summed E-state index contributed by atoms with van der Waals surface area (Å²) in [5.41, 5.74) is 2.72. The van der Waals surface area contributed by atoms with Crippen LogP contribution in [0.5, 0.6) is 5.88 Å². The number of aromatic nitrogens is 1. The number of carbonyl (C=O) groups excluding carboxylic acids is 2. The van der Waals surface area contributed by atoms with Crippen LogP contribution in [-0.2, 0) is 0 Å². The van der Waals surface area contributed by atoms with Crippen LogP contribution in [0.15, 0.2) is 66.9 Å². The molecule has 27 heavy (non-hydrogen) atoms. The van der Waals surface area contributed by atoms with Crippen molar-refractivity contribution in [2.45, 2.75) is 6.92 Å². The van der Waals surface area contributed by atoms with Gasteiger partial charge in [-0.2, -0.15) is 0 Å². The number of hydrogen-bond acceptors (Lipinski definition) is 4. The molecule has 2 N–H and O–H groups in total. The first kappa shape index (κ1) is 18.1. The van der Waals surface area contributed by atoms with Crippen molar-refractivity contribution < 1.29 is 14.3 Å². The van der Waals surface area contributed by atoms with Crippen molar-refractivity contribution in [2.75, 3.05) is 17.7 Å². The van der Waals surface area contributed by atoms with Gasteiger partial charge in [-0.05, 0) is 48.9 Å². The molecule has 0 unspecified atom stereocenters. The number of anilines is 2. The third-order valence-corrected chi connectivity index (χ3v) is 4.07. The molecule has 2 aromatic carbocycles. The van der Waals surface area contributed by atoms with Crippen molar-refractivity contribution in [3.63, 3.8) is 0 Å². The molecule has 136 valence electrons. The molecule has 6 nitrogen and oxygen atoms in total. The smallest absolute Gasteiger partial charge is 0.261 e. The first-order valence-corrected chi connectivity index (χ1v) is 8.36. The first-order chi connectivity index (χ1) is 13.1. The molecule has 0 bridgehead atoms. The van der Waals surface area contributed by atoms with Gasteiger partial charge in [0.1, 0.15) is 5.56 Å². The van der Waals surface area contributed by atoms with E-state index in [4.69, 9.17) is 4.74 Å². The van der Waals surface area contributed by atoms with E-state index in [1.807, 2.05) is 30.3 Å². The molecule has 3 aromatic rings. The zero-order valence-electron chi connectivity index (χ0n) is 15.0. The van der Waals surface area contributed by atoms with Crippen molar-refractivity contribution in [3.8, 4) is 5.88 Å². The first-order valence-electron chi connectivity index (χ1n) is 8.36. The van der Waals surface area contributed by atoms with Gasteiger partial charge in [0, 0.05) is 23.1 Å². The van der Waals surface area contributed by atoms with Crippen molar-refractivity contribution in [2.24, 2.45) is 0 Å². The number of amides is 2. The van der Waals surface area contributed by atoms with Gasteiger partial charge in [-0.3, -0.25) is 9.59 Å². The quantitative estimate of drug-likeness (QED) is 0.722. The summed E-state index contributed by atoms with van der Waals surface area (Å²) in [6.07, 6.45) is 1.55. The van der Waals surface area contributed by atoms with Crippen molar-refractivity contribution >= 4 is 23.2 Å². The minimum Gasteiger partial charge on any atom is -0.480 e. The molecular weight excluding hydrogens is 342 g/mol. The normalized spacial score (nSPS) is 10.1. The summed E-state index contributed by atoms with van der Waals surface area (Å²) in [5.74, 6) is -0.358. The molecular formula is C21H19N3O3. The highest BCUT2D eigenvalue weighted by Crippen LogP contribution is 2.22. The standard InChI is InChI=1S/C21H19N3O3/c1-14-16(19(25)23-15-8-4-3-5-9-15)10-6-12-18(14)24-20(26)17-11-7-13-22-21(17)27-2/h3-13H,1-2H3,(H,23,25)(H,24,26). The highest BCUT2D eigenvalue weighted by Gasteiger charge is 2.16. The van der Waals surface area contributed by atoms with Crippen LogP contribution in [-0.4, -0.2) is 23.9 Å². The Bertz CT molecular complexity index is 971. The summed E-state index contributed by atoms with van der Waals surface area (Å²) in [7, 11) is 1.46. The van der Waals surface area contributed by atoms with Crippen LogP contribution in [0.4, 0.5) is 11.4 Å². The average Bonchev–Trinajstić information content (AvgIpc) is 2.70. The van der Waals surface area contributed by atoms with E-state index in [0.29, 0.717) is 28.1 Å². The maximum atomic E-state index is 12.6. The molecule has 0 atom stereocenters. The fourth-order valence-electron chi connectivity index (χ4n) is 2.65. The Morgan fingerprint density at radius 1 is 0.852 bits per heavy atom. The molecule has 0 aliphatic rings. The average molecular weight is 361 g/mol. The van der Waals surface area contributed by atoms with E-state index >= 15 is 0 Å². The Balaban J connectivity index is 1.82. The number of nitrogens with one attached hydrogen (secondary N) is 2. The maximum Gasteiger partial charge on any atom is 0.261 e. The molecule has 0 fully saturated rings. The second kappa shape index (κ2) is 8.14. The minimum atomic E-state index is -0.358. The third-order valence-electron chi connectivity index (χ3n) is 4.07. The van der Waals surface area contributed by atoms with Gasteiger partial charge in [-0.15, -0.1) is 0 Å². The second-order valence-electron chi connectivity index (χ2n) is 5.81. The number of para-hydroxylation sites is 1. The van der Waals surface area contributed by atoms with Gasteiger partial charge in [-0.1, -0.05) is 24.3 Å². The predicted molar refractivity (Wildman–Crippen MR) is 104 cm³/mol. The van der Waals surface area contributed by atoms with Gasteiger partial charge in [-0.25, -0.2) is 4.98 Å². The lowest BCUT2D eigenvalue weighted by atomic mass is 10.1. The number of benzene rings is 2. The molecule has 1 heterocycles. The van der Waals surface area contributed by atoms with Gasteiger partial charge in [0.15, 0.2) is 0 Å². The number of nitrogens with zero attached hydrogens (tertiary/aromatic N) is 1. The summed E-state index contributed by atoms with van der Waals surface area (Å²) >= 11 is 0. The van der Waals surface area contributed by atoms with Crippen LogP contribution < -0.4 is 15.4 Å². The van der Waals surface area contributed by atoms with Gasteiger partial charge >= 0.3 is 0 Å². The number of hydrogen-bond donors (Lipinski definition) is 2. The lowest BCUT2D eigenvalue weighted by molar-refractivity contribution is 0.101. The van der Waals surface area contributed by atoms with Crippen LogP contribution in [0.1, 0.15) is 26.3 Å². The van der Waals surface area contributed by atoms with Crippen LogP contribution in [0, 0.1) is 6.92 Å². The topological polar surface area (TPSA) is 80.3 Å². The molecule has 2 amide bonds. The SMILES string of the molecule is COc1ncccc1C(=O)Nc1cccc(C(=O)Nc2ccccc2)c1C. The Kier molecular flexibility index (Phi) is 5.47. The highest BCUT2D eigenvalue weighted by molar-refractivity contribution is 6.09. The van der Waals surface area contributed by atoms with E-state index in [1.54, 1.807) is 43.5 Å². The number of rotatable bonds is 5. The van der Waals surface area contributed by atoms with E-state index in [-0.39, 0.29) is 17.7 Å². The molecule has 0 saturated heterocycles. The van der Waals surface area contributed by atoms with Crippen molar-refractivity contribution in [3.05, 3.63) is 83.6 Å². The second-order valence-corrected chi connectivity index (χ2v) is 5.81. The number of pyridine rings is 1. The largest absolute Gasteiger partial charge is 0.480 e. The lowest BCUT2D eigenvalue weighted by Crippen LogP contribution is -2.17. The van der Waals surface area contributed by atoms with Gasteiger partial charge in [0.25, 0.3) is 11.8 Å². The highest BCUT2D eigenvalue weighted by atomic mass is 16.5. The molecule has 6 heteroatoms. The molecule has 0 radical (unpaired) electrons.